The van der Waals surface area contributed by atoms with Gasteiger partial charge in [0.1, 0.15) is 0 Å². The number of aromatic nitrogens is 3. The summed E-state index contributed by atoms with van der Waals surface area (Å²) in [6, 6.07) is 11.0. The molecule has 0 saturated carbocycles. The normalized spacial score (nSPS) is 11.3. The number of pyridine rings is 1. The molecule has 0 radical (unpaired) electrons. The first-order chi connectivity index (χ1) is 14.8. The van der Waals surface area contributed by atoms with Crippen LogP contribution in [0.5, 0.6) is 0 Å². The molecule has 1 N–H and O–H groups in total. The molecule has 0 bridgehead atoms. The first-order valence-electron chi connectivity index (χ1n) is 10.1. The van der Waals surface area contributed by atoms with Gasteiger partial charge in [0.25, 0.3) is 5.91 Å². The van der Waals surface area contributed by atoms with Crippen LogP contribution >= 0.6 is 11.3 Å². The van der Waals surface area contributed by atoms with E-state index in [2.05, 4.69) is 30.3 Å². The highest BCUT2D eigenvalue weighted by Crippen LogP contribution is 2.33. The van der Waals surface area contributed by atoms with Crippen LogP contribution in [0.25, 0.3) is 22.3 Å². The Morgan fingerprint density at radius 1 is 1.10 bits per heavy atom. The van der Waals surface area contributed by atoms with Crippen molar-refractivity contribution in [3.05, 3.63) is 63.5 Å². The van der Waals surface area contributed by atoms with E-state index in [4.69, 9.17) is 4.98 Å². The van der Waals surface area contributed by atoms with Gasteiger partial charge in [-0.3, -0.25) is 9.59 Å². The van der Waals surface area contributed by atoms with Gasteiger partial charge in [-0.1, -0.05) is 12.1 Å². The summed E-state index contributed by atoms with van der Waals surface area (Å²) in [6.07, 6.45) is 1.68. The Hall–Kier alpha value is -3.32. The Balaban J connectivity index is 1.88. The molecule has 4 rings (SSSR count). The molecule has 1 aromatic carbocycles. The third-order valence-corrected chi connectivity index (χ3v) is 6.14. The van der Waals surface area contributed by atoms with E-state index in [9.17, 15) is 9.59 Å². The number of nitrogens with zero attached hydrogens (tertiary/aromatic N) is 3. The van der Waals surface area contributed by atoms with Crippen LogP contribution in [0.3, 0.4) is 0 Å². The molecule has 0 atom stereocenters. The van der Waals surface area contributed by atoms with Gasteiger partial charge in [0.05, 0.1) is 28.5 Å². The summed E-state index contributed by atoms with van der Waals surface area (Å²) in [5, 5.41) is 8.07. The Morgan fingerprint density at radius 2 is 1.84 bits per heavy atom. The van der Waals surface area contributed by atoms with Crippen molar-refractivity contribution in [3.8, 4) is 11.3 Å². The van der Waals surface area contributed by atoms with Crippen molar-refractivity contribution in [2.24, 2.45) is 0 Å². The minimum Gasteiger partial charge on any atom is -0.321 e. The number of carbonyl (C=O) groups is 2. The second-order valence-corrected chi connectivity index (χ2v) is 9.32. The lowest BCUT2D eigenvalue weighted by Gasteiger charge is -2.12. The van der Waals surface area contributed by atoms with E-state index in [0.717, 1.165) is 16.1 Å². The van der Waals surface area contributed by atoms with E-state index in [0.29, 0.717) is 27.8 Å². The van der Waals surface area contributed by atoms with E-state index in [1.54, 1.807) is 41.8 Å². The first-order valence-corrected chi connectivity index (χ1v) is 10.9. The molecule has 0 unspecified atom stereocenters. The molecule has 3 heterocycles. The number of aryl methyl sites for hydroxylation is 2. The molecule has 7 heteroatoms. The quantitative estimate of drug-likeness (QED) is 0.404. The van der Waals surface area contributed by atoms with Gasteiger partial charge in [0.15, 0.2) is 11.4 Å². The zero-order valence-electron chi connectivity index (χ0n) is 18.2. The largest absolute Gasteiger partial charge is 0.321 e. The lowest BCUT2D eigenvalue weighted by Crippen LogP contribution is -2.15. The summed E-state index contributed by atoms with van der Waals surface area (Å²) in [5.41, 5.74) is 3.86. The molecule has 0 aliphatic carbocycles. The van der Waals surface area contributed by atoms with Crippen LogP contribution in [-0.2, 0) is 0 Å². The molecule has 158 valence electrons. The highest BCUT2D eigenvalue weighted by molar-refractivity contribution is 7.12. The van der Waals surface area contributed by atoms with Gasteiger partial charge in [-0.05, 0) is 58.9 Å². The van der Waals surface area contributed by atoms with E-state index in [1.165, 1.54) is 11.8 Å². The zero-order valence-corrected chi connectivity index (χ0v) is 19.0. The van der Waals surface area contributed by atoms with E-state index >= 15 is 0 Å². The number of benzene rings is 1. The second-order valence-electron chi connectivity index (χ2n) is 7.86. The first kappa shape index (κ1) is 20.9. The third kappa shape index (κ3) is 3.88. The van der Waals surface area contributed by atoms with Crippen molar-refractivity contribution < 1.29 is 9.59 Å². The number of nitrogens with one attached hydrogen (secondary N) is 1. The zero-order chi connectivity index (χ0) is 22.3. The summed E-state index contributed by atoms with van der Waals surface area (Å²) in [7, 11) is 0. The van der Waals surface area contributed by atoms with Crippen molar-refractivity contribution in [2.75, 3.05) is 5.32 Å². The van der Waals surface area contributed by atoms with Crippen LogP contribution < -0.4 is 5.32 Å². The number of ketones is 1. The van der Waals surface area contributed by atoms with Crippen molar-refractivity contribution in [3.63, 3.8) is 0 Å². The molecule has 0 aliphatic heterocycles. The van der Waals surface area contributed by atoms with Crippen molar-refractivity contribution in [1.29, 1.82) is 0 Å². The minimum atomic E-state index is -0.296. The molecule has 0 aliphatic rings. The molecular formula is C24H24N4O2S. The number of Topliss-reactive ketones (excluding diaryl/α,β-unsaturated/α-hetero) is 1. The Kier molecular flexibility index (Phi) is 5.45. The van der Waals surface area contributed by atoms with Gasteiger partial charge in [-0.25, -0.2) is 9.67 Å². The highest BCUT2D eigenvalue weighted by atomic mass is 32.1. The Labute approximate surface area is 184 Å². The predicted molar refractivity (Wildman–Crippen MR) is 125 cm³/mol. The van der Waals surface area contributed by atoms with Gasteiger partial charge < -0.3 is 5.32 Å². The van der Waals surface area contributed by atoms with Crippen LogP contribution in [0.2, 0.25) is 0 Å². The van der Waals surface area contributed by atoms with Gasteiger partial charge in [-0.15, -0.1) is 11.3 Å². The minimum absolute atomic E-state index is 0.0971. The number of thiophene rings is 1. The fraction of sp³-hybridized carbons (Fsp3) is 0.250. The molecule has 0 saturated heterocycles. The molecule has 1 amide bonds. The number of hydrogen-bond donors (Lipinski definition) is 1. The van der Waals surface area contributed by atoms with Gasteiger partial charge in [0, 0.05) is 26.9 Å². The maximum atomic E-state index is 13.4. The van der Waals surface area contributed by atoms with E-state index in [-0.39, 0.29) is 17.7 Å². The number of amides is 1. The van der Waals surface area contributed by atoms with Crippen molar-refractivity contribution in [1.82, 2.24) is 14.8 Å². The summed E-state index contributed by atoms with van der Waals surface area (Å²) in [4.78, 5) is 32.6. The van der Waals surface area contributed by atoms with Crippen LogP contribution in [0, 0.1) is 13.8 Å². The van der Waals surface area contributed by atoms with Gasteiger partial charge in [-0.2, -0.15) is 5.10 Å². The van der Waals surface area contributed by atoms with Crippen molar-refractivity contribution >= 4 is 39.7 Å². The molecule has 4 aromatic rings. The second kappa shape index (κ2) is 8.07. The van der Waals surface area contributed by atoms with Crippen LogP contribution in [-0.4, -0.2) is 26.5 Å². The number of fused-ring (bicyclic) bond motifs is 1. The van der Waals surface area contributed by atoms with Crippen LogP contribution in [0.15, 0.2) is 42.6 Å². The lowest BCUT2D eigenvalue weighted by molar-refractivity contribution is 0.101. The molecule has 31 heavy (non-hydrogen) atoms. The number of rotatable bonds is 5. The summed E-state index contributed by atoms with van der Waals surface area (Å²) >= 11 is 1.70. The van der Waals surface area contributed by atoms with Crippen LogP contribution in [0.4, 0.5) is 5.69 Å². The fourth-order valence-corrected chi connectivity index (χ4v) is 4.63. The number of anilines is 1. The highest BCUT2D eigenvalue weighted by Gasteiger charge is 2.21. The maximum absolute atomic E-state index is 13.4. The number of para-hydroxylation sites is 1. The van der Waals surface area contributed by atoms with Gasteiger partial charge >= 0.3 is 0 Å². The monoisotopic (exact) mass is 432 g/mol. The standard InChI is InChI=1S/C24H24N4O2S/c1-13(2)28-23-20(12-25-28)19(11-22(26-23)18-10-14(3)31-16(18)5)24(30)27-21-9-7-6-8-17(21)15(4)29/h6-13H,1-5H3,(H,27,30). The smallest absolute Gasteiger partial charge is 0.256 e. The summed E-state index contributed by atoms with van der Waals surface area (Å²) < 4.78 is 1.83. The lowest BCUT2D eigenvalue weighted by atomic mass is 10.1. The number of hydrogen-bond acceptors (Lipinski definition) is 5. The van der Waals surface area contributed by atoms with E-state index in [1.807, 2.05) is 24.6 Å². The van der Waals surface area contributed by atoms with E-state index < -0.39 is 0 Å². The molecule has 0 spiro atoms. The third-order valence-electron chi connectivity index (χ3n) is 5.17. The van der Waals surface area contributed by atoms with Crippen molar-refractivity contribution in [2.45, 2.75) is 40.7 Å². The average molecular weight is 433 g/mol. The topological polar surface area (TPSA) is 76.9 Å². The summed E-state index contributed by atoms with van der Waals surface area (Å²) in [6.45, 7) is 9.67. The molecule has 6 nitrogen and oxygen atoms in total. The fourth-order valence-electron chi connectivity index (χ4n) is 3.70. The van der Waals surface area contributed by atoms with Gasteiger partial charge in [0.2, 0.25) is 0 Å². The Bertz CT molecular complexity index is 1320. The Morgan fingerprint density at radius 3 is 2.48 bits per heavy atom. The number of carbonyl (C=O) groups excluding carboxylic acids is 2. The molecular weight excluding hydrogens is 408 g/mol. The predicted octanol–water partition coefficient (Wildman–Crippen LogP) is 5.81. The molecule has 3 aromatic heterocycles. The van der Waals surface area contributed by atoms with Crippen LogP contribution in [0.1, 0.15) is 57.3 Å². The maximum Gasteiger partial charge on any atom is 0.256 e. The summed E-state index contributed by atoms with van der Waals surface area (Å²) in [5.74, 6) is -0.399. The SMILES string of the molecule is CC(=O)c1ccccc1NC(=O)c1cc(-c2cc(C)sc2C)nc2c1cnn2C(C)C. The molecule has 0 fully saturated rings. The average Bonchev–Trinajstić information content (AvgIpc) is 3.29.